The smallest absolute Gasteiger partial charge is 0.0994 e. The number of aromatic nitrogens is 2. The van der Waals surface area contributed by atoms with Gasteiger partial charge in [-0.05, 0) is 45.2 Å². The van der Waals surface area contributed by atoms with E-state index in [1.54, 1.807) is 0 Å². The molecule has 1 saturated heterocycles. The van der Waals surface area contributed by atoms with E-state index in [0.717, 1.165) is 0 Å². The van der Waals surface area contributed by atoms with Gasteiger partial charge in [-0.25, -0.2) is 4.98 Å². The second kappa shape index (κ2) is 5.17. The second-order valence-electron chi connectivity index (χ2n) is 5.58. The van der Waals surface area contributed by atoms with Crippen molar-refractivity contribution in [3.63, 3.8) is 0 Å². The molecule has 1 aromatic heterocycles. The lowest BCUT2D eigenvalue weighted by Crippen LogP contribution is -2.35. The topological polar surface area (TPSA) is 29.9 Å². The van der Waals surface area contributed by atoms with Crippen LogP contribution < -0.4 is 5.32 Å². The number of hydrogen-bond acceptors (Lipinski definition) is 2. The van der Waals surface area contributed by atoms with Gasteiger partial charge in [-0.1, -0.05) is 17.7 Å². The summed E-state index contributed by atoms with van der Waals surface area (Å²) in [6, 6.07) is 9.64. The van der Waals surface area contributed by atoms with Crippen molar-refractivity contribution in [1.29, 1.82) is 0 Å². The SMILES string of the molecule is Cc1ccc(-n2cncc2C2CCCC(C)N2)cc1. The first kappa shape index (κ1) is 12.4. The van der Waals surface area contributed by atoms with Gasteiger partial charge in [0.15, 0.2) is 0 Å². The molecule has 3 nitrogen and oxygen atoms in total. The molecular weight excluding hydrogens is 234 g/mol. The summed E-state index contributed by atoms with van der Waals surface area (Å²) in [4.78, 5) is 4.34. The lowest BCUT2D eigenvalue weighted by Gasteiger charge is -2.29. The van der Waals surface area contributed by atoms with E-state index in [-0.39, 0.29) is 0 Å². The van der Waals surface area contributed by atoms with E-state index in [9.17, 15) is 0 Å². The number of nitrogens with zero attached hydrogens (tertiary/aromatic N) is 2. The predicted octanol–water partition coefficient (Wildman–Crippen LogP) is 3.38. The maximum absolute atomic E-state index is 4.34. The summed E-state index contributed by atoms with van der Waals surface area (Å²) in [6.45, 7) is 4.38. The molecule has 2 aromatic rings. The van der Waals surface area contributed by atoms with E-state index in [1.807, 2.05) is 12.5 Å². The average molecular weight is 255 g/mol. The monoisotopic (exact) mass is 255 g/mol. The summed E-state index contributed by atoms with van der Waals surface area (Å²) in [5.74, 6) is 0. The molecule has 1 aliphatic heterocycles. The van der Waals surface area contributed by atoms with Crippen molar-refractivity contribution < 1.29 is 0 Å². The molecule has 0 saturated carbocycles. The molecule has 0 spiro atoms. The third kappa shape index (κ3) is 2.56. The fourth-order valence-corrected chi connectivity index (χ4v) is 2.86. The molecule has 19 heavy (non-hydrogen) atoms. The zero-order chi connectivity index (χ0) is 13.2. The normalized spacial score (nSPS) is 23.5. The standard InChI is InChI=1S/C16H21N3/c1-12-6-8-14(9-7-12)19-11-17-10-16(19)15-5-3-4-13(2)18-15/h6-11,13,15,18H,3-5H2,1-2H3. The lowest BCUT2D eigenvalue weighted by molar-refractivity contribution is 0.334. The van der Waals surface area contributed by atoms with Gasteiger partial charge in [0.05, 0.1) is 18.2 Å². The van der Waals surface area contributed by atoms with Crippen LogP contribution in [-0.2, 0) is 0 Å². The molecule has 1 fully saturated rings. The Hall–Kier alpha value is -1.61. The molecule has 0 radical (unpaired) electrons. The first-order valence-corrected chi connectivity index (χ1v) is 7.09. The Morgan fingerprint density at radius 1 is 1.21 bits per heavy atom. The maximum Gasteiger partial charge on any atom is 0.0994 e. The second-order valence-corrected chi connectivity index (χ2v) is 5.58. The van der Waals surface area contributed by atoms with Crippen LogP contribution in [0.1, 0.15) is 43.5 Å². The number of nitrogens with one attached hydrogen (secondary N) is 1. The minimum absolute atomic E-state index is 0.424. The summed E-state index contributed by atoms with van der Waals surface area (Å²) in [7, 11) is 0. The number of piperidine rings is 1. The minimum Gasteiger partial charge on any atom is -0.306 e. The molecule has 2 heterocycles. The van der Waals surface area contributed by atoms with E-state index in [0.29, 0.717) is 12.1 Å². The molecule has 100 valence electrons. The van der Waals surface area contributed by atoms with Crippen molar-refractivity contribution in [3.8, 4) is 5.69 Å². The minimum atomic E-state index is 0.424. The zero-order valence-electron chi connectivity index (χ0n) is 11.6. The quantitative estimate of drug-likeness (QED) is 0.891. The van der Waals surface area contributed by atoms with Crippen molar-refractivity contribution in [2.24, 2.45) is 0 Å². The van der Waals surface area contributed by atoms with E-state index in [1.165, 1.54) is 36.2 Å². The van der Waals surface area contributed by atoms with E-state index in [2.05, 4.69) is 53.0 Å². The Kier molecular flexibility index (Phi) is 3.38. The summed E-state index contributed by atoms with van der Waals surface area (Å²) < 4.78 is 2.20. The summed E-state index contributed by atoms with van der Waals surface area (Å²) in [5, 5.41) is 3.68. The predicted molar refractivity (Wildman–Crippen MR) is 77.5 cm³/mol. The van der Waals surface area contributed by atoms with Gasteiger partial charge in [-0.15, -0.1) is 0 Å². The summed E-state index contributed by atoms with van der Waals surface area (Å²) >= 11 is 0. The van der Waals surface area contributed by atoms with Crippen LogP contribution in [0.5, 0.6) is 0 Å². The molecule has 1 N–H and O–H groups in total. The molecule has 2 atom stereocenters. The Morgan fingerprint density at radius 2 is 2.00 bits per heavy atom. The molecule has 3 heteroatoms. The summed E-state index contributed by atoms with van der Waals surface area (Å²) in [5.41, 5.74) is 3.75. The van der Waals surface area contributed by atoms with Crippen LogP contribution in [0.3, 0.4) is 0 Å². The van der Waals surface area contributed by atoms with Gasteiger partial charge >= 0.3 is 0 Å². The fraction of sp³-hybridized carbons (Fsp3) is 0.438. The van der Waals surface area contributed by atoms with Gasteiger partial charge in [0.1, 0.15) is 0 Å². The molecule has 0 aliphatic carbocycles. The number of imidazole rings is 1. The molecule has 3 rings (SSSR count). The highest BCUT2D eigenvalue weighted by Gasteiger charge is 2.22. The largest absolute Gasteiger partial charge is 0.306 e. The van der Waals surface area contributed by atoms with Crippen LogP contribution in [-0.4, -0.2) is 15.6 Å². The highest BCUT2D eigenvalue weighted by Crippen LogP contribution is 2.27. The highest BCUT2D eigenvalue weighted by molar-refractivity contribution is 5.36. The van der Waals surface area contributed by atoms with E-state index in [4.69, 9.17) is 0 Å². The van der Waals surface area contributed by atoms with Crippen LogP contribution in [0.15, 0.2) is 36.8 Å². The summed E-state index contributed by atoms with van der Waals surface area (Å²) in [6.07, 6.45) is 7.67. The highest BCUT2D eigenvalue weighted by atomic mass is 15.1. The lowest BCUT2D eigenvalue weighted by atomic mass is 9.97. The Morgan fingerprint density at radius 3 is 2.74 bits per heavy atom. The fourth-order valence-electron chi connectivity index (χ4n) is 2.86. The van der Waals surface area contributed by atoms with Gasteiger partial charge < -0.3 is 9.88 Å². The number of aryl methyl sites for hydroxylation is 1. The van der Waals surface area contributed by atoms with Gasteiger partial charge in [-0.3, -0.25) is 0 Å². The zero-order valence-corrected chi connectivity index (χ0v) is 11.6. The number of hydrogen-bond donors (Lipinski definition) is 1. The van der Waals surface area contributed by atoms with Gasteiger partial charge in [0.2, 0.25) is 0 Å². The molecule has 2 unspecified atom stereocenters. The van der Waals surface area contributed by atoms with Crippen molar-refractivity contribution in [2.45, 2.75) is 45.2 Å². The van der Waals surface area contributed by atoms with Crippen molar-refractivity contribution in [2.75, 3.05) is 0 Å². The van der Waals surface area contributed by atoms with Gasteiger partial charge in [-0.2, -0.15) is 0 Å². The number of rotatable bonds is 2. The third-order valence-electron chi connectivity index (χ3n) is 3.95. The van der Waals surface area contributed by atoms with Crippen molar-refractivity contribution in [3.05, 3.63) is 48.0 Å². The number of benzene rings is 1. The molecular formula is C16H21N3. The molecule has 0 amide bonds. The van der Waals surface area contributed by atoms with Crippen LogP contribution in [0.4, 0.5) is 0 Å². The molecule has 0 bridgehead atoms. The van der Waals surface area contributed by atoms with Gasteiger partial charge in [0, 0.05) is 17.8 Å². The van der Waals surface area contributed by atoms with Crippen molar-refractivity contribution in [1.82, 2.24) is 14.9 Å². The Bertz CT molecular complexity index is 541. The molecule has 1 aromatic carbocycles. The van der Waals surface area contributed by atoms with Gasteiger partial charge in [0.25, 0.3) is 0 Å². The Balaban J connectivity index is 1.91. The van der Waals surface area contributed by atoms with E-state index >= 15 is 0 Å². The average Bonchev–Trinajstić information content (AvgIpc) is 2.89. The van der Waals surface area contributed by atoms with Crippen molar-refractivity contribution >= 4 is 0 Å². The van der Waals surface area contributed by atoms with Crippen LogP contribution in [0.2, 0.25) is 0 Å². The third-order valence-corrected chi connectivity index (χ3v) is 3.95. The Labute approximate surface area is 114 Å². The molecule has 1 aliphatic rings. The first-order valence-electron chi connectivity index (χ1n) is 7.09. The van der Waals surface area contributed by atoms with Crippen LogP contribution in [0.25, 0.3) is 5.69 Å². The van der Waals surface area contributed by atoms with E-state index < -0.39 is 0 Å². The first-order chi connectivity index (χ1) is 9.24. The van der Waals surface area contributed by atoms with Crippen LogP contribution >= 0.6 is 0 Å². The van der Waals surface area contributed by atoms with Crippen LogP contribution in [0, 0.1) is 6.92 Å². The maximum atomic E-state index is 4.34.